The summed E-state index contributed by atoms with van der Waals surface area (Å²) in [6.45, 7) is 8.99. The first-order chi connectivity index (χ1) is 13.7. The van der Waals surface area contributed by atoms with E-state index in [1.807, 2.05) is 40.7 Å². The Labute approximate surface area is 174 Å². The van der Waals surface area contributed by atoms with Crippen molar-refractivity contribution in [3.63, 3.8) is 0 Å². The quantitative estimate of drug-likeness (QED) is 0.769. The molecule has 1 fully saturated rings. The summed E-state index contributed by atoms with van der Waals surface area (Å²) in [5.74, 6) is -1.92. The van der Waals surface area contributed by atoms with Crippen molar-refractivity contribution in [2.45, 2.75) is 65.8 Å². The Bertz CT molecular complexity index is 840. The maximum atomic E-state index is 14.1. The second-order valence-electron chi connectivity index (χ2n) is 9.52. The van der Waals surface area contributed by atoms with Crippen LogP contribution in [0.1, 0.15) is 51.2 Å². The third kappa shape index (κ3) is 4.06. The highest BCUT2D eigenvalue weighted by Crippen LogP contribution is 2.51. The molecule has 0 bridgehead atoms. The van der Waals surface area contributed by atoms with Crippen LogP contribution in [0.2, 0.25) is 0 Å². The van der Waals surface area contributed by atoms with Gasteiger partial charge in [0, 0.05) is 5.71 Å². The summed E-state index contributed by atoms with van der Waals surface area (Å²) in [7, 11) is 0. The third-order valence-electron chi connectivity index (χ3n) is 6.14. The van der Waals surface area contributed by atoms with Crippen LogP contribution in [0.15, 0.2) is 23.3 Å². The minimum atomic E-state index is -5.04. The number of carbonyl (C=O) groups is 1. The van der Waals surface area contributed by atoms with Gasteiger partial charge in [-0.15, -0.1) is 0 Å². The molecule has 30 heavy (non-hydrogen) atoms. The smallest absolute Gasteiger partial charge is 0.439 e. The molecule has 0 radical (unpaired) electrons. The van der Waals surface area contributed by atoms with Crippen molar-refractivity contribution in [1.82, 2.24) is 5.01 Å². The van der Waals surface area contributed by atoms with Crippen LogP contribution in [0.25, 0.3) is 0 Å². The molecule has 1 N–H and O–H groups in total. The van der Waals surface area contributed by atoms with E-state index in [2.05, 4.69) is 5.10 Å². The van der Waals surface area contributed by atoms with Gasteiger partial charge in [-0.05, 0) is 67.7 Å². The molecule has 1 aliphatic heterocycles. The standard InChI is InChI=1S/C22H29F3N2O3/c1-13-8-14(2)10-16(9-13)30-12-19(28)27-21(29,22(23,24)25)17-11-15(20(3,4)5)6-7-18(17)26-27/h8-10,15,17,29H,6-7,11-12H2,1-5H3/t15-,17+,21-/m0/s1. The molecular weight excluding hydrogens is 397 g/mol. The molecule has 5 nitrogen and oxygen atoms in total. The number of aliphatic hydroxyl groups is 1. The summed E-state index contributed by atoms with van der Waals surface area (Å²) in [5, 5.41) is 15.0. The van der Waals surface area contributed by atoms with Crippen LogP contribution in [-0.2, 0) is 4.79 Å². The molecule has 1 heterocycles. The van der Waals surface area contributed by atoms with Gasteiger partial charge in [-0.2, -0.15) is 23.3 Å². The fraction of sp³-hybridized carbons (Fsp3) is 0.636. The molecule has 1 aromatic rings. The second-order valence-corrected chi connectivity index (χ2v) is 9.52. The average Bonchev–Trinajstić information content (AvgIpc) is 2.92. The Hall–Kier alpha value is -2.09. The van der Waals surface area contributed by atoms with Gasteiger partial charge in [0.25, 0.3) is 11.6 Å². The highest BCUT2D eigenvalue weighted by atomic mass is 19.4. The molecule has 1 amide bonds. The number of aryl methyl sites for hydroxylation is 2. The van der Waals surface area contributed by atoms with Crippen molar-refractivity contribution in [1.29, 1.82) is 0 Å². The Morgan fingerprint density at radius 3 is 2.37 bits per heavy atom. The SMILES string of the molecule is Cc1cc(C)cc(OCC(=O)N2N=C3CC[C@H](C(C)(C)C)C[C@H]3[C@]2(O)C(F)(F)F)c1. The Morgan fingerprint density at radius 2 is 1.83 bits per heavy atom. The minimum absolute atomic E-state index is 0.0168. The average molecular weight is 426 g/mol. The number of amides is 1. The zero-order valence-electron chi connectivity index (χ0n) is 18.0. The van der Waals surface area contributed by atoms with Gasteiger partial charge in [-0.1, -0.05) is 26.8 Å². The van der Waals surface area contributed by atoms with Crippen LogP contribution in [0.4, 0.5) is 13.2 Å². The topological polar surface area (TPSA) is 62.1 Å². The summed E-state index contributed by atoms with van der Waals surface area (Å²) in [4.78, 5) is 12.7. The Balaban J connectivity index is 1.84. The molecule has 3 rings (SSSR count). The lowest BCUT2D eigenvalue weighted by atomic mass is 9.66. The van der Waals surface area contributed by atoms with Gasteiger partial charge >= 0.3 is 6.18 Å². The molecular formula is C22H29F3N2O3. The Kier molecular flexibility index (Phi) is 5.69. The normalized spacial score (nSPS) is 27.0. The third-order valence-corrected chi connectivity index (χ3v) is 6.14. The number of halogens is 3. The number of carbonyl (C=O) groups excluding carboxylic acids is 1. The van der Waals surface area contributed by atoms with Gasteiger partial charge in [0.1, 0.15) is 5.75 Å². The van der Waals surface area contributed by atoms with E-state index in [0.717, 1.165) is 11.1 Å². The molecule has 0 spiro atoms. The van der Waals surface area contributed by atoms with E-state index in [4.69, 9.17) is 4.74 Å². The lowest BCUT2D eigenvalue weighted by molar-refractivity contribution is -0.318. The molecule has 166 valence electrons. The number of fused-ring (bicyclic) bond motifs is 1. The second kappa shape index (κ2) is 7.55. The van der Waals surface area contributed by atoms with Crippen molar-refractivity contribution in [3.8, 4) is 5.75 Å². The number of hydrogen-bond acceptors (Lipinski definition) is 4. The van der Waals surface area contributed by atoms with Gasteiger partial charge in [0.05, 0.1) is 5.92 Å². The summed E-state index contributed by atoms with van der Waals surface area (Å²) < 4.78 is 47.6. The molecule has 1 aliphatic carbocycles. The first-order valence-corrected chi connectivity index (χ1v) is 10.1. The van der Waals surface area contributed by atoms with E-state index in [-0.39, 0.29) is 28.5 Å². The van der Waals surface area contributed by atoms with E-state index in [9.17, 15) is 23.1 Å². The molecule has 1 aromatic carbocycles. The molecule has 0 saturated heterocycles. The molecule has 3 atom stereocenters. The van der Waals surface area contributed by atoms with E-state index in [1.54, 1.807) is 12.1 Å². The van der Waals surface area contributed by atoms with Gasteiger partial charge in [0.2, 0.25) is 0 Å². The van der Waals surface area contributed by atoms with Crippen molar-refractivity contribution in [2.24, 2.45) is 22.4 Å². The van der Waals surface area contributed by atoms with E-state index in [1.165, 1.54) is 0 Å². The number of nitrogens with zero attached hydrogens (tertiary/aromatic N) is 2. The highest BCUT2D eigenvalue weighted by Gasteiger charge is 2.69. The van der Waals surface area contributed by atoms with Crippen molar-refractivity contribution in [3.05, 3.63) is 29.3 Å². The summed E-state index contributed by atoms with van der Waals surface area (Å²) in [6, 6.07) is 5.31. The number of benzene rings is 1. The zero-order valence-corrected chi connectivity index (χ0v) is 18.0. The van der Waals surface area contributed by atoms with Crippen LogP contribution < -0.4 is 4.74 Å². The number of hydrogen-bond donors (Lipinski definition) is 1. The first kappa shape index (κ1) is 22.6. The number of rotatable bonds is 3. The van der Waals surface area contributed by atoms with Crippen LogP contribution in [0.5, 0.6) is 5.75 Å². The maximum absolute atomic E-state index is 14.1. The molecule has 2 aliphatic rings. The number of alkyl halides is 3. The van der Waals surface area contributed by atoms with Crippen LogP contribution in [0.3, 0.4) is 0 Å². The lowest BCUT2D eigenvalue weighted by Crippen LogP contribution is -2.62. The lowest BCUT2D eigenvalue weighted by Gasteiger charge is -2.42. The van der Waals surface area contributed by atoms with E-state index >= 15 is 0 Å². The summed E-state index contributed by atoms with van der Waals surface area (Å²) in [6.07, 6.45) is -3.92. The predicted molar refractivity (Wildman–Crippen MR) is 107 cm³/mol. The zero-order chi connectivity index (χ0) is 22.5. The number of hydrazone groups is 1. The summed E-state index contributed by atoms with van der Waals surface area (Å²) in [5.41, 5.74) is -1.51. The number of ether oxygens (including phenoxy) is 1. The molecule has 1 saturated carbocycles. The van der Waals surface area contributed by atoms with Crippen molar-refractivity contribution in [2.75, 3.05) is 6.61 Å². The van der Waals surface area contributed by atoms with E-state index < -0.39 is 30.3 Å². The fourth-order valence-corrected chi connectivity index (χ4v) is 4.48. The van der Waals surface area contributed by atoms with Crippen LogP contribution >= 0.6 is 0 Å². The monoisotopic (exact) mass is 426 g/mol. The van der Waals surface area contributed by atoms with E-state index in [0.29, 0.717) is 18.6 Å². The van der Waals surface area contributed by atoms with Crippen molar-refractivity contribution >= 4 is 11.6 Å². The minimum Gasteiger partial charge on any atom is -0.484 e. The van der Waals surface area contributed by atoms with Crippen molar-refractivity contribution < 1.29 is 27.8 Å². The molecule has 0 aromatic heterocycles. The highest BCUT2D eigenvalue weighted by molar-refractivity contribution is 5.93. The molecule has 0 unspecified atom stereocenters. The van der Waals surface area contributed by atoms with Gasteiger partial charge < -0.3 is 9.84 Å². The van der Waals surface area contributed by atoms with Crippen LogP contribution in [-0.4, -0.2) is 40.2 Å². The van der Waals surface area contributed by atoms with Gasteiger partial charge in [-0.25, -0.2) is 0 Å². The van der Waals surface area contributed by atoms with Crippen LogP contribution in [0, 0.1) is 31.1 Å². The molecule has 8 heteroatoms. The largest absolute Gasteiger partial charge is 0.484 e. The predicted octanol–water partition coefficient (Wildman–Crippen LogP) is 4.59. The first-order valence-electron chi connectivity index (χ1n) is 10.1. The van der Waals surface area contributed by atoms with Gasteiger partial charge in [-0.3, -0.25) is 4.79 Å². The van der Waals surface area contributed by atoms with Gasteiger partial charge in [0.15, 0.2) is 6.61 Å². The maximum Gasteiger partial charge on any atom is 0.439 e. The fourth-order valence-electron chi connectivity index (χ4n) is 4.48. The Morgan fingerprint density at radius 1 is 1.23 bits per heavy atom. The summed E-state index contributed by atoms with van der Waals surface area (Å²) >= 11 is 0.